The molecular weight excluding hydrogens is 402 g/mol. The highest BCUT2D eigenvalue weighted by atomic mass is 16.1. The van der Waals surface area contributed by atoms with Crippen LogP contribution in [0.3, 0.4) is 0 Å². The molecule has 1 atom stereocenters. The molecule has 1 aliphatic rings. The second-order valence-electron chi connectivity index (χ2n) is 9.78. The zero-order chi connectivity index (χ0) is 23.3. The number of ketones is 1. The van der Waals surface area contributed by atoms with Gasteiger partial charge in [0, 0.05) is 39.2 Å². The first kappa shape index (κ1) is 21.6. The van der Waals surface area contributed by atoms with Crippen LogP contribution >= 0.6 is 0 Å². The van der Waals surface area contributed by atoms with Gasteiger partial charge >= 0.3 is 0 Å². The Kier molecular flexibility index (Phi) is 5.40. The number of aromatic nitrogens is 1. The third-order valence-corrected chi connectivity index (χ3v) is 7.38. The maximum Gasteiger partial charge on any atom is 0.194 e. The van der Waals surface area contributed by atoms with Crippen LogP contribution in [0.15, 0.2) is 54.7 Å². The molecule has 0 saturated heterocycles. The second kappa shape index (κ2) is 8.26. The predicted octanol–water partition coefficient (Wildman–Crippen LogP) is 8.02. The fourth-order valence-corrected chi connectivity index (χ4v) is 5.18. The molecule has 5 rings (SSSR count). The quantitative estimate of drug-likeness (QED) is 0.281. The highest BCUT2D eigenvalue weighted by molar-refractivity contribution is 6.26. The average molecular weight is 434 g/mol. The number of fused-ring (bicyclic) bond motifs is 2. The Morgan fingerprint density at radius 3 is 2.42 bits per heavy atom. The number of carbonyl (C=O) groups is 1. The van der Waals surface area contributed by atoms with Gasteiger partial charge in [-0.05, 0) is 68.4 Å². The van der Waals surface area contributed by atoms with Crippen molar-refractivity contribution in [3.05, 3.63) is 88.1 Å². The smallest absolute Gasteiger partial charge is 0.194 e. The van der Waals surface area contributed by atoms with Crippen molar-refractivity contribution in [2.45, 2.75) is 53.9 Å². The van der Waals surface area contributed by atoms with Gasteiger partial charge in [0.1, 0.15) is 0 Å². The summed E-state index contributed by atoms with van der Waals surface area (Å²) >= 11 is 0. The summed E-state index contributed by atoms with van der Waals surface area (Å²) in [5.74, 6) is 0.834. The van der Waals surface area contributed by atoms with Gasteiger partial charge in [-0.25, -0.2) is 0 Å². The highest BCUT2D eigenvalue weighted by Gasteiger charge is 2.27. The molecule has 0 N–H and O–H groups in total. The van der Waals surface area contributed by atoms with Crippen molar-refractivity contribution in [1.29, 1.82) is 0 Å². The summed E-state index contributed by atoms with van der Waals surface area (Å²) in [5, 5.41) is 2.09. The Hall–Kier alpha value is -3.26. The van der Waals surface area contributed by atoms with Crippen LogP contribution in [0.25, 0.3) is 33.2 Å². The second-order valence-corrected chi connectivity index (χ2v) is 9.78. The lowest BCUT2D eigenvalue weighted by Crippen LogP contribution is -2.11. The zero-order valence-electron chi connectivity index (χ0n) is 20.3. The van der Waals surface area contributed by atoms with Crippen molar-refractivity contribution in [3.8, 4) is 22.4 Å². The van der Waals surface area contributed by atoms with Crippen molar-refractivity contribution in [3.63, 3.8) is 0 Å². The van der Waals surface area contributed by atoms with Gasteiger partial charge < -0.3 is 0 Å². The SMILES string of the molecule is CC[C@@H](C)CCc1cc(C)cc(-c2ncc3c4c(cccc24)C(=O)c2cc(C)ccc2-3)c1C. The lowest BCUT2D eigenvalue weighted by Gasteiger charge is -2.22. The number of hydrogen-bond acceptors (Lipinski definition) is 2. The van der Waals surface area contributed by atoms with E-state index in [-0.39, 0.29) is 5.78 Å². The van der Waals surface area contributed by atoms with Crippen LogP contribution in [-0.2, 0) is 6.42 Å². The van der Waals surface area contributed by atoms with Crippen LogP contribution in [0.1, 0.15) is 64.9 Å². The number of nitrogens with zero attached hydrogens (tertiary/aromatic N) is 1. The molecule has 3 aromatic carbocycles. The molecule has 1 heterocycles. The van der Waals surface area contributed by atoms with E-state index >= 15 is 0 Å². The molecule has 0 saturated carbocycles. The van der Waals surface area contributed by atoms with Crippen LogP contribution in [-0.4, -0.2) is 10.8 Å². The summed E-state index contributed by atoms with van der Waals surface area (Å²) in [5.41, 5.74) is 10.8. The van der Waals surface area contributed by atoms with E-state index in [0.717, 1.165) is 56.6 Å². The Morgan fingerprint density at radius 2 is 1.64 bits per heavy atom. The van der Waals surface area contributed by atoms with Crippen molar-refractivity contribution >= 4 is 16.6 Å². The first-order chi connectivity index (χ1) is 15.9. The first-order valence-electron chi connectivity index (χ1n) is 12.1. The van der Waals surface area contributed by atoms with Gasteiger partial charge in [0.05, 0.1) is 5.69 Å². The summed E-state index contributed by atoms with van der Waals surface area (Å²) in [6.07, 6.45) is 5.47. The largest absolute Gasteiger partial charge is 0.289 e. The van der Waals surface area contributed by atoms with Crippen molar-refractivity contribution in [2.24, 2.45) is 5.92 Å². The van der Waals surface area contributed by atoms with Crippen LogP contribution < -0.4 is 0 Å². The minimum atomic E-state index is 0.110. The summed E-state index contributed by atoms with van der Waals surface area (Å²) in [7, 11) is 0. The third-order valence-electron chi connectivity index (χ3n) is 7.38. The molecule has 0 bridgehead atoms. The molecule has 33 heavy (non-hydrogen) atoms. The Bertz CT molecular complexity index is 1410. The van der Waals surface area contributed by atoms with E-state index in [9.17, 15) is 4.79 Å². The lowest BCUT2D eigenvalue weighted by molar-refractivity contribution is 0.104. The van der Waals surface area contributed by atoms with Crippen LogP contribution in [0.5, 0.6) is 0 Å². The van der Waals surface area contributed by atoms with E-state index in [1.807, 2.05) is 31.3 Å². The van der Waals surface area contributed by atoms with Crippen LogP contribution in [0.2, 0.25) is 0 Å². The number of pyridine rings is 1. The highest BCUT2D eigenvalue weighted by Crippen LogP contribution is 2.42. The van der Waals surface area contributed by atoms with Gasteiger partial charge in [0.2, 0.25) is 0 Å². The number of aryl methyl sites for hydroxylation is 3. The molecule has 2 heteroatoms. The van der Waals surface area contributed by atoms with Crippen molar-refractivity contribution in [2.75, 3.05) is 0 Å². The molecule has 0 radical (unpaired) electrons. The van der Waals surface area contributed by atoms with Gasteiger partial charge in [0.15, 0.2) is 5.78 Å². The number of hydrogen-bond donors (Lipinski definition) is 0. The van der Waals surface area contributed by atoms with Crippen LogP contribution in [0, 0.1) is 26.7 Å². The summed E-state index contributed by atoms with van der Waals surface area (Å²) < 4.78 is 0. The Labute approximate surface area is 196 Å². The van der Waals surface area contributed by atoms with Gasteiger partial charge in [-0.15, -0.1) is 0 Å². The average Bonchev–Trinajstić information content (AvgIpc) is 2.82. The van der Waals surface area contributed by atoms with E-state index in [4.69, 9.17) is 4.98 Å². The fraction of sp³-hybridized carbons (Fsp3) is 0.290. The Balaban J connectivity index is 1.72. The van der Waals surface area contributed by atoms with Gasteiger partial charge in [0.25, 0.3) is 0 Å². The summed E-state index contributed by atoms with van der Waals surface area (Å²) in [6.45, 7) is 11.0. The fourth-order valence-electron chi connectivity index (χ4n) is 5.18. The van der Waals surface area contributed by atoms with Gasteiger partial charge in [-0.2, -0.15) is 0 Å². The lowest BCUT2D eigenvalue weighted by atomic mass is 9.82. The number of carbonyl (C=O) groups excluding carboxylic acids is 1. The molecular formula is C31H31NO. The molecule has 0 spiro atoms. The summed E-state index contributed by atoms with van der Waals surface area (Å²) in [6, 6.07) is 16.8. The van der Waals surface area contributed by atoms with Gasteiger partial charge in [-0.1, -0.05) is 67.8 Å². The van der Waals surface area contributed by atoms with Crippen LogP contribution in [0.4, 0.5) is 0 Å². The molecule has 0 amide bonds. The van der Waals surface area contributed by atoms with E-state index in [1.165, 1.54) is 35.1 Å². The molecule has 166 valence electrons. The van der Waals surface area contributed by atoms with E-state index < -0.39 is 0 Å². The maximum absolute atomic E-state index is 13.4. The Morgan fingerprint density at radius 1 is 0.848 bits per heavy atom. The molecule has 0 fully saturated rings. The van der Waals surface area contributed by atoms with Crippen molar-refractivity contribution in [1.82, 2.24) is 4.98 Å². The summed E-state index contributed by atoms with van der Waals surface area (Å²) in [4.78, 5) is 18.4. The minimum absolute atomic E-state index is 0.110. The van der Waals surface area contributed by atoms with E-state index in [0.29, 0.717) is 0 Å². The number of rotatable bonds is 5. The molecule has 1 aliphatic carbocycles. The standard InChI is InChI=1S/C31H31NO/c1-6-18(2)10-12-22-14-20(4)16-26(21(22)5)30-24-8-7-9-25-29(24)28(17-32-30)23-13-11-19(3)15-27(23)31(25)33/h7-9,11,13-18H,6,10,12H2,1-5H3/t18-/m1/s1. The monoisotopic (exact) mass is 433 g/mol. The molecule has 4 aromatic rings. The third kappa shape index (κ3) is 3.58. The molecule has 2 nitrogen and oxygen atoms in total. The van der Waals surface area contributed by atoms with Gasteiger partial charge in [-0.3, -0.25) is 9.78 Å². The first-order valence-corrected chi connectivity index (χ1v) is 12.1. The van der Waals surface area contributed by atoms with Crippen molar-refractivity contribution < 1.29 is 4.79 Å². The van der Waals surface area contributed by atoms with E-state index in [2.05, 4.69) is 58.0 Å². The maximum atomic E-state index is 13.4. The van der Waals surface area contributed by atoms with E-state index in [1.54, 1.807) is 0 Å². The molecule has 1 aromatic heterocycles. The zero-order valence-corrected chi connectivity index (χ0v) is 20.3. The number of benzene rings is 3. The topological polar surface area (TPSA) is 30.0 Å². The normalized spacial score (nSPS) is 13.3. The predicted molar refractivity (Wildman–Crippen MR) is 138 cm³/mol. The molecule has 0 unspecified atom stereocenters. The molecule has 0 aliphatic heterocycles. The minimum Gasteiger partial charge on any atom is -0.289 e.